The van der Waals surface area contributed by atoms with Gasteiger partial charge in [0.15, 0.2) is 11.6 Å². The van der Waals surface area contributed by atoms with Crippen LogP contribution < -0.4 is 9.47 Å². The lowest BCUT2D eigenvalue weighted by atomic mass is 10.1. The summed E-state index contributed by atoms with van der Waals surface area (Å²) in [5.41, 5.74) is 0.992. The Bertz CT molecular complexity index is 757. The lowest BCUT2D eigenvalue weighted by Gasteiger charge is -2.14. The quantitative estimate of drug-likeness (QED) is 0.147. The molecule has 0 aliphatic carbocycles. The molecule has 0 atom stereocenters. The number of ether oxygens (including phenoxy) is 2. The highest BCUT2D eigenvalue weighted by molar-refractivity contribution is 6.76. The van der Waals surface area contributed by atoms with Crippen molar-refractivity contribution in [3.8, 4) is 22.9 Å². The first-order chi connectivity index (χ1) is 16.5. The first-order valence-electron chi connectivity index (χ1n) is 13.7. The molecule has 0 bridgehead atoms. The molecule has 4 nitrogen and oxygen atoms in total. The highest BCUT2D eigenvalue weighted by Gasteiger charge is 2.11. The van der Waals surface area contributed by atoms with Crippen LogP contribution in [0.1, 0.15) is 84.0 Å². The molecule has 0 unspecified atom stereocenters. The van der Waals surface area contributed by atoms with E-state index < -0.39 is 8.07 Å². The number of nitrogens with zero attached hydrogens (tertiary/aromatic N) is 2. The van der Waals surface area contributed by atoms with Crippen molar-refractivity contribution >= 4 is 8.07 Å². The molecule has 0 radical (unpaired) electrons. The number of aromatic nitrogens is 2. The lowest BCUT2D eigenvalue weighted by Crippen LogP contribution is -2.18. The Balaban J connectivity index is 1.56. The third-order valence-corrected chi connectivity index (χ3v) is 7.95. The number of benzene rings is 1. The monoisotopic (exact) mass is 484 g/mol. The first kappa shape index (κ1) is 28.4. The minimum atomic E-state index is -0.842. The fraction of sp³-hybridized carbons (Fsp3) is 0.655. The van der Waals surface area contributed by atoms with Crippen LogP contribution in [0.5, 0.6) is 11.5 Å². The third kappa shape index (κ3) is 13.1. The van der Waals surface area contributed by atoms with E-state index >= 15 is 0 Å². The van der Waals surface area contributed by atoms with Crippen LogP contribution in [-0.4, -0.2) is 31.3 Å². The lowest BCUT2D eigenvalue weighted by molar-refractivity contribution is 0.302. The minimum Gasteiger partial charge on any atom is -0.494 e. The van der Waals surface area contributed by atoms with E-state index in [2.05, 4.69) is 36.5 Å². The van der Waals surface area contributed by atoms with E-state index in [0.717, 1.165) is 43.1 Å². The van der Waals surface area contributed by atoms with Gasteiger partial charge in [0, 0.05) is 13.6 Å². The summed E-state index contributed by atoms with van der Waals surface area (Å²) in [5, 5.41) is 0. The number of hydrogen-bond donors (Lipinski definition) is 0. The zero-order valence-electron chi connectivity index (χ0n) is 22.3. The fourth-order valence-corrected chi connectivity index (χ4v) is 5.28. The van der Waals surface area contributed by atoms with E-state index in [0.29, 0.717) is 5.82 Å². The van der Waals surface area contributed by atoms with Gasteiger partial charge in [-0.05, 0) is 37.1 Å². The van der Waals surface area contributed by atoms with Gasteiger partial charge in [0.25, 0.3) is 0 Å². The molecule has 1 aromatic heterocycles. The van der Waals surface area contributed by atoms with Crippen molar-refractivity contribution < 1.29 is 9.47 Å². The molecule has 1 aromatic carbocycles. The van der Waals surface area contributed by atoms with Crippen LogP contribution in [0.15, 0.2) is 36.7 Å². The molecule has 0 fully saturated rings. The average Bonchev–Trinajstić information content (AvgIpc) is 2.82. The van der Waals surface area contributed by atoms with Crippen molar-refractivity contribution in [2.24, 2.45) is 0 Å². The molecule has 0 aliphatic rings. The molecule has 0 saturated carbocycles. The van der Waals surface area contributed by atoms with Gasteiger partial charge in [0.2, 0.25) is 0 Å². The summed E-state index contributed by atoms with van der Waals surface area (Å²) in [5.74, 6) is 2.37. The van der Waals surface area contributed by atoms with Crippen LogP contribution in [-0.2, 0) is 0 Å². The fourth-order valence-electron chi connectivity index (χ4n) is 3.97. The zero-order chi connectivity index (χ0) is 24.5. The molecular formula is C29H48N2O2Si. The molecule has 190 valence electrons. The molecule has 0 amide bonds. The molecule has 2 rings (SSSR count). The maximum atomic E-state index is 5.85. The molecule has 0 saturated heterocycles. The van der Waals surface area contributed by atoms with Gasteiger partial charge in [0.05, 0.1) is 25.6 Å². The van der Waals surface area contributed by atoms with E-state index in [1.165, 1.54) is 70.3 Å². The maximum Gasteiger partial charge on any atom is 0.159 e. The highest BCUT2D eigenvalue weighted by atomic mass is 28.3. The van der Waals surface area contributed by atoms with Gasteiger partial charge in [0.1, 0.15) is 5.75 Å². The van der Waals surface area contributed by atoms with Crippen molar-refractivity contribution in [2.75, 3.05) is 13.2 Å². The topological polar surface area (TPSA) is 44.2 Å². The summed E-state index contributed by atoms with van der Waals surface area (Å²) >= 11 is 0. The Morgan fingerprint density at radius 2 is 1.12 bits per heavy atom. The Morgan fingerprint density at radius 1 is 0.618 bits per heavy atom. The van der Waals surface area contributed by atoms with Gasteiger partial charge in [-0.1, -0.05) is 96.8 Å². The van der Waals surface area contributed by atoms with Crippen molar-refractivity contribution in [1.82, 2.24) is 9.97 Å². The second-order valence-corrected chi connectivity index (χ2v) is 16.3. The van der Waals surface area contributed by atoms with Crippen LogP contribution >= 0.6 is 0 Å². The van der Waals surface area contributed by atoms with Crippen molar-refractivity contribution in [1.29, 1.82) is 0 Å². The normalized spacial score (nSPS) is 11.5. The van der Waals surface area contributed by atoms with Crippen LogP contribution in [0.3, 0.4) is 0 Å². The largest absolute Gasteiger partial charge is 0.494 e. The van der Waals surface area contributed by atoms with Gasteiger partial charge in [-0.3, -0.25) is 0 Å². The molecule has 2 aromatic rings. The van der Waals surface area contributed by atoms with E-state index in [9.17, 15) is 0 Å². The Kier molecular flexibility index (Phi) is 13.9. The van der Waals surface area contributed by atoms with E-state index in [4.69, 9.17) is 9.47 Å². The molecule has 0 N–H and O–H groups in total. The van der Waals surface area contributed by atoms with Gasteiger partial charge >= 0.3 is 0 Å². The average molecular weight is 485 g/mol. The summed E-state index contributed by atoms with van der Waals surface area (Å²) in [7, 11) is -0.842. The van der Waals surface area contributed by atoms with Crippen LogP contribution in [0.2, 0.25) is 25.7 Å². The summed E-state index contributed by atoms with van der Waals surface area (Å²) in [4.78, 5) is 8.96. The predicted octanol–water partition coefficient (Wildman–Crippen LogP) is 8.94. The SMILES string of the molecule is CCCCCCCOc1ccc(-c2ncc(OCCCCCCCCC[Si](C)(C)C)cn2)cc1. The predicted molar refractivity (Wildman–Crippen MR) is 148 cm³/mol. The number of unbranched alkanes of at least 4 members (excludes halogenated alkanes) is 10. The number of hydrogen-bond acceptors (Lipinski definition) is 4. The van der Waals surface area contributed by atoms with Gasteiger partial charge in [-0.2, -0.15) is 0 Å². The van der Waals surface area contributed by atoms with E-state index in [-0.39, 0.29) is 0 Å². The van der Waals surface area contributed by atoms with Crippen molar-refractivity contribution in [2.45, 2.75) is 110 Å². The van der Waals surface area contributed by atoms with Gasteiger partial charge in [-0.15, -0.1) is 0 Å². The Hall–Kier alpha value is -1.88. The van der Waals surface area contributed by atoms with E-state index in [1.54, 1.807) is 12.4 Å². The molecule has 5 heteroatoms. The smallest absolute Gasteiger partial charge is 0.159 e. The van der Waals surface area contributed by atoms with Crippen molar-refractivity contribution in [3.63, 3.8) is 0 Å². The highest BCUT2D eigenvalue weighted by Crippen LogP contribution is 2.21. The summed E-state index contributed by atoms with van der Waals surface area (Å²) in [6.07, 6.45) is 19.0. The zero-order valence-corrected chi connectivity index (χ0v) is 23.3. The van der Waals surface area contributed by atoms with Crippen LogP contribution in [0, 0.1) is 0 Å². The maximum absolute atomic E-state index is 5.85. The second-order valence-electron chi connectivity index (χ2n) is 10.7. The standard InChI is InChI=1S/C29H48N2O2Si/c1-5-6-7-11-14-21-32-27-19-17-26(18-20-27)29-30-24-28(25-31-29)33-22-15-12-9-8-10-13-16-23-34(2,3)4/h17-20,24-25H,5-16,21-23H2,1-4H3. The summed E-state index contributed by atoms with van der Waals surface area (Å²) in [6.45, 7) is 11.2. The third-order valence-electron chi connectivity index (χ3n) is 6.10. The molecule has 0 aliphatic heterocycles. The first-order valence-corrected chi connectivity index (χ1v) is 17.4. The summed E-state index contributed by atoms with van der Waals surface area (Å²) in [6, 6.07) is 9.52. The van der Waals surface area contributed by atoms with Gasteiger partial charge in [-0.25, -0.2) is 9.97 Å². The van der Waals surface area contributed by atoms with Crippen LogP contribution in [0.25, 0.3) is 11.4 Å². The Morgan fingerprint density at radius 3 is 1.68 bits per heavy atom. The molecular weight excluding hydrogens is 436 g/mol. The number of rotatable bonds is 19. The van der Waals surface area contributed by atoms with Crippen LogP contribution in [0.4, 0.5) is 0 Å². The summed E-state index contributed by atoms with van der Waals surface area (Å²) < 4.78 is 11.7. The molecule has 0 spiro atoms. The minimum absolute atomic E-state index is 0.715. The second kappa shape index (κ2) is 16.7. The molecule has 1 heterocycles. The molecule has 34 heavy (non-hydrogen) atoms. The van der Waals surface area contributed by atoms with Crippen molar-refractivity contribution in [3.05, 3.63) is 36.7 Å². The van der Waals surface area contributed by atoms with E-state index in [1.807, 2.05) is 24.3 Å². The van der Waals surface area contributed by atoms with Gasteiger partial charge < -0.3 is 9.47 Å². The Labute approximate surface area is 209 Å².